The molecule has 0 N–H and O–H groups in total. The predicted molar refractivity (Wildman–Crippen MR) is 105 cm³/mol. The molecule has 0 atom stereocenters. The monoisotopic (exact) mass is 386 g/mol. The van der Waals surface area contributed by atoms with Gasteiger partial charge in [-0.2, -0.15) is 0 Å². The van der Waals surface area contributed by atoms with Gasteiger partial charge in [0.15, 0.2) is 0 Å². The summed E-state index contributed by atoms with van der Waals surface area (Å²) in [5.74, 6) is 3.53. The van der Waals surface area contributed by atoms with Crippen molar-refractivity contribution in [1.82, 2.24) is 29.5 Å². The van der Waals surface area contributed by atoms with Crippen molar-refractivity contribution in [2.45, 2.75) is 31.8 Å². The molecule has 0 bridgehead atoms. The smallest absolute Gasteiger partial charge is 0.146 e. The minimum Gasteiger partial charge on any atom is -0.497 e. The second-order valence-corrected chi connectivity index (χ2v) is 7.66. The van der Waals surface area contributed by atoms with Crippen LogP contribution in [0.1, 0.15) is 36.1 Å². The van der Waals surface area contributed by atoms with Crippen molar-refractivity contribution in [3.63, 3.8) is 0 Å². The molecule has 28 heavy (non-hydrogen) atoms. The molecule has 0 spiro atoms. The Hall–Kier alpha value is -2.03. The average molecular weight is 387 g/mol. The number of morpholine rings is 1. The maximum Gasteiger partial charge on any atom is 0.146 e. The van der Waals surface area contributed by atoms with Crippen molar-refractivity contribution in [3.05, 3.63) is 35.7 Å². The summed E-state index contributed by atoms with van der Waals surface area (Å²) in [4.78, 5) is 9.32. The van der Waals surface area contributed by atoms with Crippen LogP contribution in [0.25, 0.3) is 0 Å². The highest BCUT2D eigenvalue weighted by Gasteiger charge is 2.26. The van der Waals surface area contributed by atoms with Gasteiger partial charge in [0.25, 0.3) is 0 Å². The fraction of sp³-hybridized carbons (Fsp3) is 0.650. The zero-order valence-electron chi connectivity index (χ0n) is 16.9. The number of hydrogen-bond donors (Lipinski definition) is 0. The molecule has 2 aliphatic heterocycles. The van der Waals surface area contributed by atoms with Gasteiger partial charge in [0.2, 0.25) is 0 Å². The average Bonchev–Trinajstić information content (AvgIpc) is 3.10. The van der Waals surface area contributed by atoms with Crippen molar-refractivity contribution >= 4 is 0 Å². The summed E-state index contributed by atoms with van der Waals surface area (Å²) >= 11 is 0. The minimum absolute atomic E-state index is 0.477. The zero-order chi connectivity index (χ0) is 19.3. The predicted octanol–water partition coefficient (Wildman–Crippen LogP) is 1.43. The molecule has 2 saturated heterocycles. The van der Waals surface area contributed by atoms with Gasteiger partial charge in [-0.1, -0.05) is 0 Å². The molecule has 4 rings (SSSR count). The Morgan fingerprint density at radius 1 is 1.07 bits per heavy atom. The fourth-order valence-electron chi connectivity index (χ4n) is 4.08. The third-order valence-corrected chi connectivity index (χ3v) is 5.83. The van der Waals surface area contributed by atoms with Gasteiger partial charge >= 0.3 is 0 Å². The van der Waals surface area contributed by atoms with E-state index >= 15 is 0 Å². The Labute approximate surface area is 166 Å². The Kier molecular flexibility index (Phi) is 6.19. The van der Waals surface area contributed by atoms with Crippen LogP contribution in [0.2, 0.25) is 0 Å². The third kappa shape index (κ3) is 4.51. The summed E-state index contributed by atoms with van der Waals surface area (Å²) in [7, 11) is 3.80. The van der Waals surface area contributed by atoms with Crippen molar-refractivity contribution < 1.29 is 9.47 Å². The van der Waals surface area contributed by atoms with E-state index in [1.165, 1.54) is 0 Å². The Morgan fingerprint density at radius 2 is 1.82 bits per heavy atom. The number of methoxy groups -OCH3 is 1. The van der Waals surface area contributed by atoms with Crippen molar-refractivity contribution in [3.8, 4) is 5.75 Å². The van der Waals surface area contributed by atoms with Crippen molar-refractivity contribution in [2.24, 2.45) is 7.05 Å². The summed E-state index contributed by atoms with van der Waals surface area (Å²) in [6.45, 7) is 7.39. The van der Waals surface area contributed by atoms with Crippen LogP contribution < -0.4 is 4.74 Å². The number of nitrogens with zero attached hydrogens (tertiary/aromatic N) is 6. The van der Waals surface area contributed by atoms with Gasteiger partial charge in [-0.15, -0.1) is 10.2 Å². The first-order valence-corrected chi connectivity index (χ1v) is 10.1. The van der Waals surface area contributed by atoms with Gasteiger partial charge in [0, 0.05) is 44.9 Å². The summed E-state index contributed by atoms with van der Waals surface area (Å²) in [6.07, 6.45) is 4.03. The van der Waals surface area contributed by atoms with E-state index in [2.05, 4.69) is 36.6 Å². The molecule has 2 aromatic heterocycles. The maximum atomic E-state index is 5.43. The van der Waals surface area contributed by atoms with Crippen LogP contribution in [0.4, 0.5) is 0 Å². The lowest BCUT2D eigenvalue weighted by Crippen LogP contribution is -2.36. The van der Waals surface area contributed by atoms with E-state index in [0.29, 0.717) is 5.92 Å². The highest BCUT2D eigenvalue weighted by molar-refractivity contribution is 5.22. The molecule has 0 unspecified atom stereocenters. The second-order valence-electron chi connectivity index (χ2n) is 7.66. The molecule has 8 nitrogen and oxygen atoms in total. The van der Waals surface area contributed by atoms with Crippen molar-refractivity contribution in [2.75, 3.05) is 46.5 Å². The molecular formula is C20H30N6O2. The molecule has 2 fully saturated rings. The second kappa shape index (κ2) is 8.98. The zero-order valence-corrected chi connectivity index (χ0v) is 16.9. The molecule has 0 aliphatic carbocycles. The SMILES string of the molecule is COc1ccnc(CN2CCC(c3nnc(CN4CCOCC4)n3C)CC2)c1. The number of likely N-dealkylation sites (tertiary alicyclic amines) is 1. The quantitative estimate of drug-likeness (QED) is 0.744. The van der Waals surface area contributed by atoms with Crippen LogP contribution >= 0.6 is 0 Å². The standard InChI is InChI=1S/C20H30N6O2/c1-24-19(15-26-9-11-28-12-10-26)22-23-20(24)16-4-7-25(8-5-16)14-17-13-18(27-2)3-6-21-17/h3,6,13,16H,4-5,7-12,14-15H2,1-2H3. The summed E-state index contributed by atoms with van der Waals surface area (Å²) in [6, 6.07) is 3.91. The maximum absolute atomic E-state index is 5.43. The van der Waals surface area contributed by atoms with E-state index in [-0.39, 0.29) is 0 Å². The number of aromatic nitrogens is 4. The Balaban J connectivity index is 1.32. The molecule has 0 saturated carbocycles. The van der Waals surface area contributed by atoms with Gasteiger partial charge < -0.3 is 14.0 Å². The number of ether oxygens (including phenoxy) is 2. The molecule has 0 amide bonds. The van der Waals surface area contributed by atoms with E-state index in [0.717, 1.165) is 88.4 Å². The van der Waals surface area contributed by atoms with Crippen LogP contribution in [-0.2, 0) is 24.9 Å². The van der Waals surface area contributed by atoms with Crippen LogP contribution in [-0.4, -0.2) is 76.1 Å². The molecule has 0 radical (unpaired) electrons. The number of rotatable bonds is 6. The van der Waals surface area contributed by atoms with Gasteiger partial charge in [-0.3, -0.25) is 14.8 Å². The van der Waals surface area contributed by atoms with Gasteiger partial charge in [0.1, 0.15) is 17.4 Å². The molecule has 2 aromatic rings. The molecular weight excluding hydrogens is 356 g/mol. The first-order valence-electron chi connectivity index (χ1n) is 10.1. The van der Waals surface area contributed by atoms with Gasteiger partial charge in [0.05, 0.1) is 32.6 Å². The number of piperidine rings is 1. The van der Waals surface area contributed by atoms with E-state index in [1.807, 2.05) is 18.3 Å². The lowest BCUT2D eigenvalue weighted by Gasteiger charge is -2.31. The van der Waals surface area contributed by atoms with Gasteiger partial charge in [-0.05, 0) is 32.0 Å². The minimum atomic E-state index is 0.477. The lowest BCUT2D eigenvalue weighted by molar-refractivity contribution is 0.0326. The highest BCUT2D eigenvalue weighted by atomic mass is 16.5. The van der Waals surface area contributed by atoms with Crippen LogP contribution in [0.3, 0.4) is 0 Å². The van der Waals surface area contributed by atoms with E-state index in [1.54, 1.807) is 7.11 Å². The molecule has 2 aliphatic rings. The summed E-state index contributed by atoms with van der Waals surface area (Å²) in [5, 5.41) is 9.03. The summed E-state index contributed by atoms with van der Waals surface area (Å²) in [5.41, 5.74) is 1.06. The normalized spacial score (nSPS) is 19.8. The topological polar surface area (TPSA) is 68.5 Å². The first kappa shape index (κ1) is 19.3. The largest absolute Gasteiger partial charge is 0.497 e. The van der Waals surface area contributed by atoms with Crippen LogP contribution in [0.5, 0.6) is 5.75 Å². The molecule has 152 valence electrons. The molecule has 8 heteroatoms. The van der Waals surface area contributed by atoms with Crippen molar-refractivity contribution in [1.29, 1.82) is 0 Å². The number of pyridine rings is 1. The highest BCUT2D eigenvalue weighted by Crippen LogP contribution is 2.28. The van der Waals surface area contributed by atoms with Gasteiger partial charge in [-0.25, -0.2) is 0 Å². The van der Waals surface area contributed by atoms with E-state index in [9.17, 15) is 0 Å². The summed E-state index contributed by atoms with van der Waals surface area (Å²) < 4.78 is 12.9. The molecule has 4 heterocycles. The lowest BCUT2D eigenvalue weighted by atomic mass is 9.96. The number of hydrogen-bond acceptors (Lipinski definition) is 7. The Morgan fingerprint density at radius 3 is 2.57 bits per heavy atom. The van der Waals surface area contributed by atoms with E-state index in [4.69, 9.17) is 9.47 Å². The first-order chi connectivity index (χ1) is 13.7. The Bertz CT molecular complexity index is 766. The fourth-order valence-corrected chi connectivity index (χ4v) is 4.08. The van der Waals surface area contributed by atoms with Crippen LogP contribution in [0, 0.1) is 0 Å². The molecule has 0 aromatic carbocycles. The van der Waals surface area contributed by atoms with Crippen LogP contribution in [0.15, 0.2) is 18.3 Å². The van der Waals surface area contributed by atoms with E-state index < -0.39 is 0 Å². The third-order valence-electron chi connectivity index (χ3n) is 5.83.